The number of thiophene rings is 1. The number of hydrogen-bond acceptors (Lipinski definition) is 3. The second-order valence-corrected chi connectivity index (χ2v) is 6.21. The topological polar surface area (TPSA) is 25.2 Å². The highest BCUT2D eigenvalue weighted by Gasteiger charge is 2.05. The van der Waals surface area contributed by atoms with E-state index in [0.717, 1.165) is 25.4 Å². The Morgan fingerprint density at radius 2 is 2.30 bits per heavy atom. The van der Waals surface area contributed by atoms with Crippen molar-refractivity contribution in [1.29, 1.82) is 0 Å². The number of nitrogens with one attached hydrogen (secondary N) is 1. The van der Waals surface area contributed by atoms with Crippen molar-refractivity contribution in [2.75, 3.05) is 6.54 Å². The van der Waals surface area contributed by atoms with Gasteiger partial charge < -0.3 is 9.73 Å². The predicted octanol–water partition coefficient (Wildman–Crippen LogP) is 5.09. The van der Waals surface area contributed by atoms with Gasteiger partial charge in [-0.05, 0) is 43.5 Å². The van der Waals surface area contributed by atoms with E-state index < -0.39 is 0 Å². The lowest BCUT2D eigenvalue weighted by Gasteiger charge is -2.12. The average Bonchev–Trinajstić information content (AvgIpc) is 3.12. The molecule has 0 amide bonds. The lowest BCUT2D eigenvalue weighted by molar-refractivity contribution is 0.456. The van der Waals surface area contributed by atoms with Crippen molar-refractivity contribution in [3.63, 3.8) is 0 Å². The molecule has 108 valence electrons. The van der Waals surface area contributed by atoms with Crippen LogP contribution in [0.15, 0.2) is 47.8 Å². The molecular formula is C17H23NOS. The van der Waals surface area contributed by atoms with E-state index >= 15 is 0 Å². The van der Waals surface area contributed by atoms with Gasteiger partial charge in [-0.3, -0.25) is 0 Å². The van der Waals surface area contributed by atoms with Gasteiger partial charge >= 0.3 is 0 Å². The molecule has 2 rings (SSSR count). The van der Waals surface area contributed by atoms with Crippen LogP contribution in [-0.2, 0) is 6.54 Å². The standard InChI is InChI=1S/C17H23NOS/c1-3-5-14(4-2)8-10-18-12-16-6-7-17(20-16)15-9-11-19-13-15/h3,6-7,9,11,13-14,18H,1,4-5,8,10,12H2,2H3. The smallest absolute Gasteiger partial charge is 0.0989 e. The van der Waals surface area contributed by atoms with Crippen molar-refractivity contribution in [3.8, 4) is 10.4 Å². The molecule has 0 radical (unpaired) electrons. The summed E-state index contributed by atoms with van der Waals surface area (Å²) < 4.78 is 5.12. The Kier molecular flexibility index (Phi) is 6.09. The first-order valence-electron chi connectivity index (χ1n) is 7.26. The number of furan rings is 1. The summed E-state index contributed by atoms with van der Waals surface area (Å²) in [5, 5.41) is 3.54. The van der Waals surface area contributed by atoms with Gasteiger partial charge in [0.05, 0.1) is 12.5 Å². The number of hydrogen-bond donors (Lipinski definition) is 1. The van der Waals surface area contributed by atoms with Gasteiger partial charge in [-0.2, -0.15) is 0 Å². The van der Waals surface area contributed by atoms with E-state index in [2.05, 4.69) is 31.0 Å². The van der Waals surface area contributed by atoms with E-state index in [1.54, 1.807) is 12.5 Å². The fourth-order valence-corrected chi connectivity index (χ4v) is 3.24. The Labute approximate surface area is 125 Å². The second kappa shape index (κ2) is 8.08. The molecular weight excluding hydrogens is 266 g/mol. The molecule has 1 unspecified atom stereocenters. The highest BCUT2D eigenvalue weighted by molar-refractivity contribution is 7.15. The van der Waals surface area contributed by atoms with E-state index in [4.69, 9.17) is 4.42 Å². The average molecular weight is 289 g/mol. The van der Waals surface area contributed by atoms with Gasteiger partial charge in [-0.1, -0.05) is 19.4 Å². The monoisotopic (exact) mass is 289 g/mol. The number of allylic oxidation sites excluding steroid dienone is 1. The minimum absolute atomic E-state index is 0.768. The molecule has 0 aliphatic rings. The van der Waals surface area contributed by atoms with Crippen molar-refractivity contribution in [2.24, 2.45) is 5.92 Å². The molecule has 2 heterocycles. The Hall–Kier alpha value is -1.32. The van der Waals surface area contributed by atoms with Gasteiger partial charge in [0.15, 0.2) is 0 Å². The molecule has 0 spiro atoms. The van der Waals surface area contributed by atoms with Crippen LogP contribution in [0.5, 0.6) is 0 Å². The minimum Gasteiger partial charge on any atom is -0.472 e. The fourth-order valence-electron chi connectivity index (χ4n) is 2.27. The van der Waals surface area contributed by atoms with Crippen LogP contribution in [0.4, 0.5) is 0 Å². The van der Waals surface area contributed by atoms with Crippen LogP contribution in [-0.4, -0.2) is 6.54 Å². The van der Waals surface area contributed by atoms with Crippen LogP contribution >= 0.6 is 11.3 Å². The van der Waals surface area contributed by atoms with Crippen molar-refractivity contribution < 1.29 is 4.42 Å². The molecule has 2 nitrogen and oxygen atoms in total. The maximum atomic E-state index is 5.12. The molecule has 1 N–H and O–H groups in total. The third kappa shape index (κ3) is 4.36. The SMILES string of the molecule is C=CCC(CC)CCNCc1ccc(-c2ccoc2)s1. The molecule has 1 atom stereocenters. The van der Waals surface area contributed by atoms with Crippen molar-refractivity contribution in [2.45, 2.75) is 32.7 Å². The van der Waals surface area contributed by atoms with Crippen LogP contribution in [0.1, 0.15) is 31.1 Å². The highest BCUT2D eigenvalue weighted by Crippen LogP contribution is 2.28. The molecule has 0 bridgehead atoms. The van der Waals surface area contributed by atoms with Gasteiger partial charge in [0.1, 0.15) is 0 Å². The second-order valence-electron chi connectivity index (χ2n) is 5.04. The maximum absolute atomic E-state index is 5.12. The van der Waals surface area contributed by atoms with Crippen LogP contribution in [0.25, 0.3) is 10.4 Å². The summed E-state index contributed by atoms with van der Waals surface area (Å²) in [5.74, 6) is 0.768. The van der Waals surface area contributed by atoms with Crippen molar-refractivity contribution >= 4 is 11.3 Å². The van der Waals surface area contributed by atoms with Gasteiger partial charge in [-0.15, -0.1) is 17.9 Å². The number of rotatable bonds is 9. The van der Waals surface area contributed by atoms with E-state index in [1.807, 2.05) is 23.5 Å². The van der Waals surface area contributed by atoms with Crippen molar-refractivity contribution in [3.05, 3.63) is 48.3 Å². The molecule has 0 saturated heterocycles. The van der Waals surface area contributed by atoms with Gasteiger partial charge in [0.25, 0.3) is 0 Å². The zero-order chi connectivity index (χ0) is 14.2. The van der Waals surface area contributed by atoms with E-state index in [0.29, 0.717) is 0 Å². The molecule has 2 aromatic rings. The molecule has 0 aromatic carbocycles. The highest BCUT2D eigenvalue weighted by atomic mass is 32.1. The zero-order valence-electron chi connectivity index (χ0n) is 12.1. The predicted molar refractivity (Wildman–Crippen MR) is 86.9 cm³/mol. The van der Waals surface area contributed by atoms with Crippen LogP contribution < -0.4 is 5.32 Å². The normalized spacial score (nSPS) is 12.4. The minimum atomic E-state index is 0.768. The molecule has 0 aliphatic heterocycles. The Morgan fingerprint density at radius 3 is 3.00 bits per heavy atom. The largest absolute Gasteiger partial charge is 0.472 e. The molecule has 20 heavy (non-hydrogen) atoms. The fraction of sp³-hybridized carbons (Fsp3) is 0.412. The van der Waals surface area contributed by atoms with E-state index in [1.165, 1.54) is 28.2 Å². The Balaban J connectivity index is 1.73. The van der Waals surface area contributed by atoms with Crippen molar-refractivity contribution in [1.82, 2.24) is 5.32 Å². The quantitative estimate of drug-likeness (QED) is 0.514. The third-order valence-corrected chi connectivity index (χ3v) is 4.71. The summed E-state index contributed by atoms with van der Waals surface area (Å²) in [6.45, 7) is 8.11. The summed E-state index contributed by atoms with van der Waals surface area (Å²) in [6, 6.07) is 6.37. The third-order valence-electron chi connectivity index (χ3n) is 3.57. The maximum Gasteiger partial charge on any atom is 0.0989 e. The molecule has 0 fully saturated rings. The first kappa shape index (κ1) is 15.1. The first-order valence-corrected chi connectivity index (χ1v) is 8.08. The molecule has 2 aromatic heterocycles. The van der Waals surface area contributed by atoms with Gasteiger partial charge in [0.2, 0.25) is 0 Å². The summed E-state index contributed by atoms with van der Waals surface area (Å²) >= 11 is 1.83. The summed E-state index contributed by atoms with van der Waals surface area (Å²) in [7, 11) is 0. The van der Waals surface area contributed by atoms with E-state index in [9.17, 15) is 0 Å². The van der Waals surface area contributed by atoms with Gasteiger partial charge in [-0.25, -0.2) is 0 Å². The molecule has 3 heteroatoms. The lowest BCUT2D eigenvalue weighted by Crippen LogP contribution is -2.16. The van der Waals surface area contributed by atoms with Crippen LogP contribution in [0, 0.1) is 5.92 Å². The molecule has 0 aliphatic carbocycles. The first-order chi connectivity index (χ1) is 9.83. The van der Waals surface area contributed by atoms with E-state index in [-0.39, 0.29) is 0 Å². The Morgan fingerprint density at radius 1 is 1.40 bits per heavy atom. The zero-order valence-corrected chi connectivity index (χ0v) is 12.9. The lowest BCUT2D eigenvalue weighted by atomic mass is 9.99. The summed E-state index contributed by atoms with van der Waals surface area (Å²) in [4.78, 5) is 2.65. The summed E-state index contributed by atoms with van der Waals surface area (Å²) in [5.41, 5.74) is 1.17. The van der Waals surface area contributed by atoms with Gasteiger partial charge in [0, 0.05) is 21.9 Å². The Bertz CT molecular complexity index is 501. The van der Waals surface area contributed by atoms with Crippen LogP contribution in [0.2, 0.25) is 0 Å². The van der Waals surface area contributed by atoms with Crippen LogP contribution in [0.3, 0.4) is 0 Å². The molecule has 0 saturated carbocycles. The summed E-state index contributed by atoms with van der Waals surface area (Å²) in [6.07, 6.45) is 9.13.